The maximum atomic E-state index is 5.25. The van der Waals surface area contributed by atoms with Gasteiger partial charge >= 0.3 is 0 Å². The Bertz CT molecular complexity index is 338. The predicted molar refractivity (Wildman–Crippen MR) is 68.2 cm³/mol. The van der Waals surface area contributed by atoms with Crippen LogP contribution in [0.2, 0.25) is 0 Å². The Morgan fingerprint density at radius 1 is 1.19 bits per heavy atom. The van der Waals surface area contributed by atoms with E-state index in [-0.39, 0.29) is 0 Å². The Labute approximate surface area is 101 Å². The average Bonchev–Trinajstić information content (AvgIpc) is 2.31. The number of para-hydroxylation sites is 1. The molecule has 0 spiro atoms. The summed E-state index contributed by atoms with van der Waals surface area (Å²) < 4.78 is 5.25. The number of ether oxygens (including phenoxy) is 1. The van der Waals surface area contributed by atoms with Gasteiger partial charge in [0, 0.05) is 18.8 Å². The first-order valence-corrected chi connectivity index (χ1v) is 5.71. The number of thiocarbonyl (C=S) groups is 1. The predicted octanol–water partition coefficient (Wildman–Crippen LogP) is 1.22. The molecule has 0 unspecified atom stereocenters. The van der Waals surface area contributed by atoms with Crippen LogP contribution in [0.4, 0.5) is 5.69 Å². The number of hydrazine groups is 1. The molecule has 0 aliphatic carbocycles. The summed E-state index contributed by atoms with van der Waals surface area (Å²) in [5, 5.41) is 5.80. The molecule has 1 aromatic carbocycles. The van der Waals surface area contributed by atoms with Gasteiger partial charge in [-0.3, -0.25) is 5.43 Å². The van der Waals surface area contributed by atoms with E-state index in [2.05, 4.69) is 15.8 Å². The van der Waals surface area contributed by atoms with E-state index in [9.17, 15) is 0 Å². The van der Waals surface area contributed by atoms with Gasteiger partial charge < -0.3 is 10.1 Å². The molecule has 0 amide bonds. The fraction of sp³-hybridized carbons (Fsp3) is 0.364. The molecular weight excluding hydrogens is 222 g/mol. The van der Waals surface area contributed by atoms with Crippen LogP contribution in [0.5, 0.6) is 0 Å². The van der Waals surface area contributed by atoms with Crippen molar-refractivity contribution in [2.75, 3.05) is 31.6 Å². The molecule has 1 aromatic rings. The molecule has 4 nitrogen and oxygen atoms in total. The van der Waals surface area contributed by atoms with E-state index < -0.39 is 0 Å². The summed E-state index contributed by atoms with van der Waals surface area (Å²) >= 11 is 5.21. The molecular formula is C11H15N3OS. The molecule has 16 heavy (non-hydrogen) atoms. The van der Waals surface area contributed by atoms with Gasteiger partial charge in [-0.15, -0.1) is 0 Å². The van der Waals surface area contributed by atoms with Crippen molar-refractivity contribution in [3.8, 4) is 0 Å². The van der Waals surface area contributed by atoms with E-state index in [1.807, 2.05) is 30.3 Å². The van der Waals surface area contributed by atoms with Crippen LogP contribution in [0.1, 0.15) is 0 Å². The molecule has 86 valence electrons. The van der Waals surface area contributed by atoms with Gasteiger partial charge in [-0.2, -0.15) is 0 Å². The van der Waals surface area contributed by atoms with Crippen LogP contribution in [0.25, 0.3) is 0 Å². The first-order chi connectivity index (χ1) is 7.84. The summed E-state index contributed by atoms with van der Waals surface area (Å²) in [5.74, 6) is 0. The third kappa shape index (κ3) is 3.44. The third-order valence-corrected chi connectivity index (χ3v) is 2.50. The van der Waals surface area contributed by atoms with Crippen molar-refractivity contribution < 1.29 is 4.74 Å². The van der Waals surface area contributed by atoms with Crippen molar-refractivity contribution in [2.45, 2.75) is 0 Å². The highest BCUT2D eigenvalue weighted by molar-refractivity contribution is 7.80. The number of rotatable bonds is 2. The van der Waals surface area contributed by atoms with Crippen LogP contribution in [-0.4, -0.2) is 36.4 Å². The minimum absolute atomic E-state index is 0.619. The lowest BCUT2D eigenvalue weighted by atomic mass is 10.3. The van der Waals surface area contributed by atoms with Crippen LogP contribution in [-0.2, 0) is 4.74 Å². The van der Waals surface area contributed by atoms with Gasteiger partial charge in [0.25, 0.3) is 0 Å². The summed E-state index contributed by atoms with van der Waals surface area (Å²) in [4.78, 5) is 0. The zero-order valence-electron chi connectivity index (χ0n) is 8.98. The second-order valence-electron chi connectivity index (χ2n) is 3.53. The number of benzene rings is 1. The van der Waals surface area contributed by atoms with Gasteiger partial charge in [0.05, 0.1) is 13.2 Å². The lowest BCUT2D eigenvalue weighted by molar-refractivity contribution is 0.0252. The second kappa shape index (κ2) is 5.79. The SMILES string of the molecule is S=C(Nc1ccccc1)NN1CCOCC1. The largest absolute Gasteiger partial charge is 0.379 e. The Hall–Kier alpha value is -1.17. The highest BCUT2D eigenvalue weighted by atomic mass is 32.1. The molecule has 5 heteroatoms. The number of anilines is 1. The topological polar surface area (TPSA) is 36.5 Å². The molecule has 1 aliphatic heterocycles. The maximum Gasteiger partial charge on any atom is 0.185 e. The zero-order chi connectivity index (χ0) is 11.2. The number of hydrogen-bond acceptors (Lipinski definition) is 3. The first-order valence-electron chi connectivity index (χ1n) is 5.30. The van der Waals surface area contributed by atoms with E-state index in [0.29, 0.717) is 5.11 Å². The summed E-state index contributed by atoms with van der Waals surface area (Å²) in [6, 6.07) is 9.88. The Morgan fingerprint density at radius 3 is 2.56 bits per heavy atom. The quantitative estimate of drug-likeness (QED) is 0.756. The van der Waals surface area contributed by atoms with Gasteiger partial charge in [0.1, 0.15) is 0 Å². The molecule has 2 rings (SSSR count). The summed E-state index contributed by atoms with van der Waals surface area (Å²) in [6.07, 6.45) is 0. The van der Waals surface area contributed by atoms with Crippen molar-refractivity contribution >= 4 is 23.0 Å². The van der Waals surface area contributed by atoms with Crippen molar-refractivity contribution in [2.24, 2.45) is 0 Å². The zero-order valence-corrected chi connectivity index (χ0v) is 9.80. The molecule has 0 radical (unpaired) electrons. The number of nitrogens with one attached hydrogen (secondary N) is 2. The maximum absolute atomic E-state index is 5.25. The summed E-state index contributed by atoms with van der Waals surface area (Å²) in [7, 11) is 0. The summed E-state index contributed by atoms with van der Waals surface area (Å²) in [5.41, 5.74) is 4.13. The minimum atomic E-state index is 0.619. The molecule has 0 saturated carbocycles. The summed E-state index contributed by atoms with van der Waals surface area (Å²) in [6.45, 7) is 3.22. The van der Waals surface area contributed by atoms with Crippen LogP contribution < -0.4 is 10.7 Å². The van der Waals surface area contributed by atoms with Crippen molar-refractivity contribution in [1.82, 2.24) is 10.4 Å². The smallest absolute Gasteiger partial charge is 0.185 e. The van der Waals surface area contributed by atoms with E-state index >= 15 is 0 Å². The molecule has 1 heterocycles. The minimum Gasteiger partial charge on any atom is -0.379 e. The van der Waals surface area contributed by atoms with E-state index in [4.69, 9.17) is 17.0 Å². The number of nitrogens with zero attached hydrogens (tertiary/aromatic N) is 1. The highest BCUT2D eigenvalue weighted by Crippen LogP contribution is 2.04. The molecule has 2 N–H and O–H groups in total. The Balaban J connectivity index is 1.80. The van der Waals surface area contributed by atoms with Gasteiger partial charge in [0.2, 0.25) is 0 Å². The van der Waals surface area contributed by atoms with Crippen molar-refractivity contribution in [1.29, 1.82) is 0 Å². The first kappa shape index (κ1) is 11.3. The molecule has 1 aliphatic rings. The molecule has 1 fully saturated rings. The van der Waals surface area contributed by atoms with Crippen molar-refractivity contribution in [3.63, 3.8) is 0 Å². The van der Waals surface area contributed by atoms with E-state index in [1.54, 1.807) is 0 Å². The lowest BCUT2D eigenvalue weighted by Gasteiger charge is -2.28. The van der Waals surface area contributed by atoms with Crippen LogP contribution in [0.3, 0.4) is 0 Å². The molecule has 0 aromatic heterocycles. The molecule has 0 bridgehead atoms. The van der Waals surface area contributed by atoms with Gasteiger partial charge in [-0.25, -0.2) is 5.01 Å². The standard InChI is InChI=1S/C11H15N3OS/c16-11(12-10-4-2-1-3-5-10)13-14-6-8-15-9-7-14/h1-5H,6-9H2,(H2,12,13,16). The van der Waals surface area contributed by atoms with Crippen LogP contribution >= 0.6 is 12.2 Å². The normalized spacial score (nSPS) is 16.8. The van der Waals surface area contributed by atoms with Gasteiger partial charge in [-0.05, 0) is 24.4 Å². The fourth-order valence-corrected chi connectivity index (χ4v) is 1.75. The third-order valence-electron chi connectivity index (χ3n) is 2.30. The van der Waals surface area contributed by atoms with E-state index in [1.165, 1.54) is 0 Å². The monoisotopic (exact) mass is 237 g/mol. The second-order valence-corrected chi connectivity index (χ2v) is 3.94. The average molecular weight is 237 g/mol. The Morgan fingerprint density at radius 2 is 1.88 bits per heavy atom. The molecule has 0 atom stereocenters. The lowest BCUT2D eigenvalue weighted by Crippen LogP contribution is -2.49. The molecule has 1 saturated heterocycles. The number of morpholine rings is 1. The van der Waals surface area contributed by atoms with E-state index in [0.717, 1.165) is 32.0 Å². The van der Waals surface area contributed by atoms with Gasteiger partial charge in [-0.1, -0.05) is 18.2 Å². The highest BCUT2D eigenvalue weighted by Gasteiger charge is 2.10. The Kier molecular flexibility index (Phi) is 4.10. The fourth-order valence-electron chi connectivity index (χ4n) is 1.50. The van der Waals surface area contributed by atoms with Crippen LogP contribution in [0, 0.1) is 0 Å². The number of hydrogen-bond donors (Lipinski definition) is 2. The van der Waals surface area contributed by atoms with Gasteiger partial charge in [0.15, 0.2) is 5.11 Å². The van der Waals surface area contributed by atoms with Crippen LogP contribution in [0.15, 0.2) is 30.3 Å². The van der Waals surface area contributed by atoms with Crippen molar-refractivity contribution in [3.05, 3.63) is 30.3 Å².